The van der Waals surface area contributed by atoms with Crippen LogP contribution in [0.3, 0.4) is 0 Å². The van der Waals surface area contributed by atoms with E-state index in [2.05, 4.69) is 25.9 Å². The van der Waals surface area contributed by atoms with Gasteiger partial charge in [0.1, 0.15) is 6.33 Å². The van der Waals surface area contributed by atoms with E-state index < -0.39 is 0 Å². The van der Waals surface area contributed by atoms with E-state index in [1.165, 1.54) is 0 Å². The molecule has 1 aromatic heterocycles. The minimum absolute atomic E-state index is 0.802. The number of thioether (sulfide) groups is 1. The summed E-state index contributed by atoms with van der Waals surface area (Å²) >= 11 is 5.03. The van der Waals surface area contributed by atoms with Gasteiger partial charge in [0.05, 0.1) is 5.03 Å². The molecule has 0 aliphatic carbocycles. The van der Waals surface area contributed by atoms with Crippen molar-refractivity contribution in [1.82, 2.24) is 9.97 Å². The lowest BCUT2D eigenvalue weighted by atomic mass is 10.2. The second kappa shape index (κ2) is 5.32. The Kier molecular flexibility index (Phi) is 3.79. The zero-order chi connectivity index (χ0) is 11.4. The Hall–Kier alpha value is -1.07. The number of benzene rings is 1. The summed E-state index contributed by atoms with van der Waals surface area (Å²) in [6, 6.07) is 7.81. The molecule has 0 saturated carbocycles. The highest BCUT2D eigenvalue weighted by atomic mass is 79.9. The van der Waals surface area contributed by atoms with Crippen LogP contribution in [0.2, 0.25) is 0 Å². The third kappa shape index (κ3) is 2.96. The SMILES string of the molecule is Nc1cc(Br)ccc1CSc1ccncn1. The maximum atomic E-state index is 5.91. The van der Waals surface area contributed by atoms with Crippen LogP contribution in [-0.4, -0.2) is 9.97 Å². The van der Waals surface area contributed by atoms with E-state index in [0.29, 0.717) is 0 Å². The van der Waals surface area contributed by atoms with Gasteiger partial charge in [0, 0.05) is 22.1 Å². The van der Waals surface area contributed by atoms with Crippen molar-refractivity contribution in [2.75, 3.05) is 5.73 Å². The Balaban J connectivity index is 2.05. The second-order valence-electron chi connectivity index (χ2n) is 3.18. The predicted molar refractivity (Wildman–Crippen MR) is 70.1 cm³/mol. The number of nitrogens with two attached hydrogens (primary N) is 1. The Morgan fingerprint density at radius 1 is 1.31 bits per heavy atom. The molecule has 0 radical (unpaired) electrons. The van der Waals surface area contributed by atoms with Crippen molar-refractivity contribution in [3.8, 4) is 0 Å². The van der Waals surface area contributed by atoms with Crippen LogP contribution in [0, 0.1) is 0 Å². The van der Waals surface area contributed by atoms with Crippen molar-refractivity contribution in [1.29, 1.82) is 0 Å². The molecule has 1 aromatic carbocycles. The van der Waals surface area contributed by atoms with Crippen LogP contribution in [0.25, 0.3) is 0 Å². The van der Waals surface area contributed by atoms with E-state index in [9.17, 15) is 0 Å². The molecule has 2 N–H and O–H groups in total. The van der Waals surface area contributed by atoms with Crippen LogP contribution in [-0.2, 0) is 5.75 Å². The van der Waals surface area contributed by atoms with Crippen LogP contribution in [0.1, 0.15) is 5.56 Å². The van der Waals surface area contributed by atoms with Crippen molar-refractivity contribution in [2.45, 2.75) is 10.8 Å². The molecule has 0 bridgehead atoms. The minimum Gasteiger partial charge on any atom is -0.398 e. The van der Waals surface area contributed by atoms with Gasteiger partial charge in [-0.15, -0.1) is 11.8 Å². The fourth-order valence-corrected chi connectivity index (χ4v) is 2.44. The van der Waals surface area contributed by atoms with Gasteiger partial charge in [-0.25, -0.2) is 9.97 Å². The lowest BCUT2D eigenvalue weighted by Crippen LogP contribution is -1.92. The molecule has 0 fully saturated rings. The molecule has 1 heterocycles. The topological polar surface area (TPSA) is 51.8 Å². The zero-order valence-corrected chi connectivity index (χ0v) is 10.8. The molecule has 0 amide bonds. The fourth-order valence-electron chi connectivity index (χ4n) is 1.21. The molecular weight excluding hydrogens is 286 g/mol. The average Bonchev–Trinajstić information content (AvgIpc) is 2.29. The quantitative estimate of drug-likeness (QED) is 0.537. The molecule has 3 nitrogen and oxygen atoms in total. The van der Waals surface area contributed by atoms with Crippen LogP contribution in [0.15, 0.2) is 46.3 Å². The summed E-state index contributed by atoms with van der Waals surface area (Å²) in [7, 11) is 0. The first kappa shape index (κ1) is 11.4. The van der Waals surface area contributed by atoms with E-state index in [1.807, 2.05) is 24.3 Å². The monoisotopic (exact) mass is 295 g/mol. The summed E-state index contributed by atoms with van der Waals surface area (Å²) in [5.41, 5.74) is 7.83. The third-order valence-electron chi connectivity index (χ3n) is 2.04. The van der Waals surface area contributed by atoms with E-state index >= 15 is 0 Å². The Labute approximate surface area is 107 Å². The van der Waals surface area contributed by atoms with Gasteiger partial charge in [-0.3, -0.25) is 0 Å². The minimum atomic E-state index is 0.802. The Bertz CT molecular complexity index is 476. The Morgan fingerprint density at radius 3 is 2.88 bits per heavy atom. The van der Waals surface area contributed by atoms with Gasteiger partial charge in [0.2, 0.25) is 0 Å². The molecule has 16 heavy (non-hydrogen) atoms. The highest BCUT2D eigenvalue weighted by Gasteiger charge is 2.01. The fraction of sp³-hybridized carbons (Fsp3) is 0.0909. The summed E-state index contributed by atoms with van der Waals surface area (Å²) in [5, 5.41) is 0.956. The van der Waals surface area contributed by atoms with Gasteiger partial charge < -0.3 is 5.73 Å². The summed E-state index contributed by atoms with van der Waals surface area (Å²) in [6.07, 6.45) is 3.29. The number of aromatic nitrogens is 2. The first-order valence-electron chi connectivity index (χ1n) is 4.68. The van der Waals surface area contributed by atoms with Crippen LogP contribution in [0.4, 0.5) is 5.69 Å². The molecule has 2 rings (SSSR count). The number of anilines is 1. The molecular formula is C11H10BrN3S. The van der Waals surface area contributed by atoms with Gasteiger partial charge in [-0.1, -0.05) is 22.0 Å². The van der Waals surface area contributed by atoms with Crippen molar-refractivity contribution >= 4 is 33.4 Å². The first-order chi connectivity index (χ1) is 7.75. The van der Waals surface area contributed by atoms with E-state index in [0.717, 1.165) is 26.5 Å². The average molecular weight is 296 g/mol. The number of rotatable bonds is 3. The van der Waals surface area contributed by atoms with Gasteiger partial charge in [-0.2, -0.15) is 0 Å². The molecule has 0 spiro atoms. The predicted octanol–water partition coefficient (Wildman–Crippen LogP) is 3.11. The number of nitrogen functional groups attached to an aromatic ring is 1. The molecule has 0 unspecified atom stereocenters. The highest BCUT2D eigenvalue weighted by molar-refractivity contribution is 9.10. The van der Waals surface area contributed by atoms with Crippen molar-refractivity contribution in [3.05, 3.63) is 46.8 Å². The van der Waals surface area contributed by atoms with Crippen molar-refractivity contribution < 1.29 is 0 Å². The highest BCUT2D eigenvalue weighted by Crippen LogP contribution is 2.25. The zero-order valence-electron chi connectivity index (χ0n) is 8.43. The normalized spacial score (nSPS) is 10.3. The van der Waals surface area contributed by atoms with Crippen molar-refractivity contribution in [2.24, 2.45) is 0 Å². The maximum absolute atomic E-state index is 5.91. The molecule has 0 aliphatic rings. The summed E-state index contributed by atoms with van der Waals surface area (Å²) < 4.78 is 1.00. The number of hydrogen-bond acceptors (Lipinski definition) is 4. The van der Waals surface area contributed by atoms with Crippen LogP contribution >= 0.6 is 27.7 Å². The summed E-state index contributed by atoms with van der Waals surface area (Å²) in [5.74, 6) is 0.816. The molecule has 2 aromatic rings. The van der Waals surface area contributed by atoms with E-state index in [1.54, 1.807) is 24.3 Å². The standard InChI is InChI=1S/C11H10BrN3S/c12-9-2-1-8(10(13)5-9)6-16-11-3-4-14-7-15-11/h1-5,7H,6,13H2. The number of halogens is 1. The van der Waals surface area contributed by atoms with Gasteiger partial charge in [0.15, 0.2) is 0 Å². The molecule has 0 atom stereocenters. The summed E-state index contributed by atoms with van der Waals surface area (Å²) in [4.78, 5) is 8.02. The lowest BCUT2D eigenvalue weighted by molar-refractivity contribution is 1.05. The second-order valence-corrected chi connectivity index (χ2v) is 5.09. The van der Waals surface area contributed by atoms with E-state index in [-0.39, 0.29) is 0 Å². The molecule has 82 valence electrons. The largest absolute Gasteiger partial charge is 0.398 e. The van der Waals surface area contributed by atoms with Crippen LogP contribution in [0.5, 0.6) is 0 Å². The van der Waals surface area contributed by atoms with Crippen molar-refractivity contribution in [3.63, 3.8) is 0 Å². The Morgan fingerprint density at radius 2 is 2.19 bits per heavy atom. The lowest BCUT2D eigenvalue weighted by Gasteiger charge is -2.05. The van der Waals surface area contributed by atoms with Gasteiger partial charge >= 0.3 is 0 Å². The summed E-state index contributed by atoms with van der Waals surface area (Å²) in [6.45, 7) is 0. The third-order valence-corrected chi connectivity index (χ3v) is 3.52. The molecule has 5 heteroatoms. The number of hydrogen-bond donors (Lipinski definition) is 1. The molecule has 0 aliphatic heterocycles. The van der Waals surface area contributed by atoms with E-state index in [4.69, 9.17) is 5.73 Å². The van der Waals surface area contributed by atoms with Gasteiger partial charge in [-0.05, 0) is 23.8 Å². The smallest absolute Gasteiger partial charge is 0.116 e. The first-order valence-corrected chi connectivity index (χ1v) is 6.46. The maximum Gasteiger partial charge on any atom is 0.116 e. The number of nitrogens with zero attached hydrogens (tertiary/aromatic N) is 2. The van der Waals surface area contributed by atoms with Crippen LogP contribution < -0.4 is 5.73 Å². The molecule has 0 saturated heterocycles. The van der Waals surface area contributed by atoms with Gasteiger partial charge in [0.25, 0.3) is 0 Å².